The van der Waals surface area contributed by atoms with Crippen molar-refractivity contribution in [3.05, 3.63) is 34.7 Å². The Kier molecular flexibility index (Phi) is 6.57. The molecule has 5 rings (SSSR count). The van der Waals surface area contributed by atoms with E-state index >= 15 is 0 Å². The van der Waals surface area contributed by atoms with E-state index in [2.05, 4.69) is 25.5 Å². The van der Waals surface area contributed by atoms with Crippen LogP contribution in [-0.4, -0.2) is 44.5 Å². The molecule has 0 radical (unpaired) electrons. The average Bonchev–Trinajstić information content (AvgIpc) is 3.46. The number of aromatic amines is 1. The summed E-state index contributed by atoms with van der Waals surface area (Å²) in [5.41, 5.74) is 1.99. The molecule has 0 bridgehead atoms. The predicted octanol–water partition coefficient (Wildman–Crippen LogP) is 3.90. The fourth-order valence-corrected chi connectivity index (χ4v) is 6.07. The molecule has 0 aromatic carbocycles. The summed E-state index contributed by atoms with van der Waals surface area (Å²) in [4.78, 5) is 11.4. The predicted molar refractivity (Wildman–Crippen MR) is 120 cm³/mol. The second kappa shape index (κ2) is 9.18. The molecule has 0 saturated heterocycles. The molecule has 30 heavy (non-hydrogen) atoms. The van der Waals surface area contributed by atoms with Gasteiger partial charge in [-0.2, -0.15) is 5.10 Å². The van der Waals surface area contributed by atoms with E-state index in [1.807, 2.05) is 13.1 Å². The number of nitrogens with one attached hydrogen (secondary N) is 2. The number of H-pyrrole nitrogens is 1. The van der Waals surface area contributed by atoms with Crippen LogP contribution in [0.1, 0.15) is 66.7 Å². The number of aromatic nitrogens is 4. The Morgan fingerprint density at radius 1 is 1.27 bits per heavy atom. The van der Waals surface area contributed by atoms with Crippen molar-refractivity contribution in [3.8, 4) is 5.88 Å². The number of hydrogen-bond donors (Lipinski definition) is 3. The molecule has 162 valence electrons. The first-order chi connectivity index (χ1) is 14.2. The summed E-state index contributed by atoms with van der Waals surface area (Å²) >= 11 is 1.75. The van der Waals surface area contributed by atoms with Crippen molar-refractivity contribution >= 4 is 34.0 Å². The SMILES string of the molecule is CNC1CCC(Oc2ncnc3sc4c(c23)[C@@H](C[C@@H](O)c2cc[nH]n2)CC4)CC1.Cl. The van der Waals surface area contributed by atoms with Gasteiger partial charge in [-0.05, 0) is 69.5 Å². The van der Waals surface area contributed by atoms with Crippen LogP contribution in [0.25, 0.3) is 10.2 Å². The highest BCUT2D eigenvalue weighted by Crippen LogP contribution is 2.48. The molecular weight excluding hydrogens is 422 g/mol. The first-order valence-corrected chi connectivity index (χ1v) is 11.3. The molecule has 1 saturated carbocycles. The zero-order valence-corrected chi connectivity index (χ0v) is 18.6. The van der Waals surface area contributed by atoms with Gasteiger partial charge in [0, 0.05) is 17.1 Å². The third kappa shape index (κ3) is 4.06. The monoisotopic (exact) mass is 449 g/mol. The highest BCUT2D eigenvalue weighted by Gasteiger charge is 2.33. The van der Waals surface area contributed by atoms with Crippen LogP contribution >= 0.6 is 23.7 Å². The molecule has 9 heteroatoms. The van der Waals surface area contributed by atoms with E-state index in [9.17, 15) is 5.11 Å². The van der Waals surface area contributed by atoms with E-state index in [-0.39, 0.29) is 24.4 Å². The van der Waals surface area contributed by atoms with Crippen LogP contribution in [0.3, 0.4) is 0 Å². The van der Waals surface area contributed by atoms with Gasteiger partial charge in [0.05, 0.1) is 17.2 Å². The molecule has 3 aromatic heterocycles. The number of ether oxygens (including phenoxy) is 1. The Morgan fingerprint density at radius 2 is 2.10 bits per heavy atom. The zero-order valence-electron chi connectivity index (χ0n) is 17.0. The fourth-order valence-electron chi connectivity index (χ4n) is 4.84. The molecule has 0 amide bonds. The Balaban J connectivity index is 0.00000218. The highest BCUT2D eigenvalue weighted by molar-refractivity contribution is 7.19. The largest absolute Gasteiger partial charge is 0.474 e. The maximum absolute atomic E-state index is 10.6. The Bertz CT molecular complexity index is 971. The van der Waals surface area contributed by atoms with Gasteiger partial charge < -0.3 is 15.2 Å². The van der Waals surface area contributed by atoms with Gasteiger partial charge in [-0.3, -0.25) is 5.10 Å². The van der Waals surface area contributed by atoms with E-state index in [4.69, 9.17) is 4.74 Å². The Labute approximate surface area is 186 Å². The topological polar surface area (TPSA) is 96.0 Å². The van der Waals surface area contributed by atoms with Crippen LogP contribution in [0.4, 0.5) is 0 Å². The van der Waals surface area contributed by atoms with Crippen molar-refractivity contribution in [1.82, 2.24) is 25.5 Å². The molecule has 0 aliphatic heterocycles. The van der Waals surface area contributed by atoms with E-state index in [0.29, 0.717) is 18.2 Å². The van der Waals surface area contributed by atoms with Crippen LogP contribution in [0.5, 0.6) is 5.88 Å². The van der Waals surface area contributed by atoms with Gasteiger partial charge in [-0.25, -0.2) is 9.97 Å². The molecule has 7 nitrogen and oxygen atoms in total. The van der Waals surface area contributed by atoms with Gasteiger partial charge >= 0.3 is 0 Å². The molecule has 1 fully saturated rings. The third-order valence-electron chi connectivity index (χ3n) is 6.43. The number of rotatable bonds is 6. The first kappa shape index (κ1) is 21.5. The lowest BCUT2D eigenvalue weighted by atomic mass is 9.92. The number of nitrogens with zero attached hydrogens (tertiary/aromatic N) is 3. The van der Waals surface area contributed by atoms with E-state index in [1.54, 1.807) is 23.9 Å². The minimum absolute atomic E-state index is 0. The van der Waals surface area contributed by atoms with Crippen molar-refractivity contribution in [3.63, 3.8) is 0 Å². The summed E-state index contributed by atoms with van der Waals surface area (Å²) in [5, 5.41) is 22.0. The first-order valence-electron chi connectivity index (χ1n) is 10.5. The average molecular weight is 450 g/mol. The van der Waals surface area contributed by atoms with Crippen molar-refractivity contribution in [2.75, 3.05) is 7.05 Å². The lowest BCUT2D eigenvalue weighted by molar-refractivity contribution is 0.137. The van der Waals surface area contributed by atoms with Crippen molar-refractivity contribution in [2.24, 2.45) is 0 Å². The third-order valence-corrected chi connectivity index (χ3v) is 7.60. The van der Waals surface area contributed by atoms with Gasteiger partial charge in [0.25, 0.3) is 0 Å². The normalized spacial score (nSPS) is 24.4. The quantitative estimate of drug-likeness (QED) is 0.528. The van der Waals surface area contributed by atoms with Gasteiger partial charge in [0.2, 0.25) is 5.88 Å². The number of aliphatic hydroxyl groups is 1. The summed E-state index contributed by atoms with van der Waals surface area (Å²) in [7, 11) is 2.03. The lowest BCUT2D eigenvalue weighted by Gasteiger charge is -2.28. The van der Waals surface area contributed by atoms with Crippen molar-refractivity contribution in [1.29, 1.82) is 0 Å². The zero-order chi connectivity index (χ0) is 19.8. The number of aliphatic hydroxyl groups excluding tert-OH is 1. The summed E-state index contributed by atoms with van der Waals surface area (Å²) in [6.07, 6.45) is 10.1. The van der Waals surface area contributed by atoms with Gasteiger partial charge in [-0.15, -0.1) is 23.7 Å². The smallest absolute Gasteiger partial charge is 0.225 e. The van der Waals surface area contributed by atoms with Crippen molar-refractivity contribution < 1.29 is 9.84 Å². The van der Waals surface area contributed by atoms with E-state index < -0.39 is 6.10 Å². The second-order valence-electron chi connectivity index (χ2n) is 8.16. The fraction of sp³-hybridized carbons (Fsp3) is 0.571. The number of aryl methyl sites for hydroxylation is 1. The molecule has 3 N–H and O–H groups in total. The van der Waals surface area contributed by atoms with Gasteiger partial charge in [-0.1, -0.05) is 0 Å². The minimum Gasteiger partial charge on any atom is -0.474 e. The van der Waals surface area contributed by atoms with Gasteiger partial charge in [0.15, 0.2) is 0 Å². The molecule has 2 aliphatic rings. The molecule has 3 aromatic rings. The van der Waals surface area contributed by atoms with E-state index in [0.717, 1.165) is 54.6 Å². The summed E-state index contributed by atoms with van der Waals surface area (Å²) in [6, 6.07) is 2.43. The standard InChI is InChI=1S/C21H27N5O2S.ClH/c1-22-13-3-5-14(6-4-13)28-20-19-18-12(10-16(27)15-8-9-25-26-15)2-7-17(18)29-21(19)24-11-23-20;/h8-9,11-14,16,22,27H,2-7,10H2,1H3,(H,25,26);1H/t12-,13?,14?,16-;/m1./s1. The van der Waals surface area contributed by atoms with Gasteiger partial charge in [0.1, 0.15) is 17.3 Å². The van der Waals surface area contributed by atoms with E-state index in [1.165, 1.54) is 10.4 Å². The molecule has 2 atom stereocenters. The maximum Gasteiger partial charge on any atom is 0.225 e. The molecular formula is C21H28ClN5O2S. The Hall–Kier alpha value is -1.74. The molecule has 0 spiro atoms. The van der Waals surface area contributed by atoms with Crippen LogP contribution in [-0.2, 0) is 6.42 Å². The number of thiophene rings is 1. The summed E-state index contributed by atoms with van der Waals surface area (Å²) in [5.74, 6) is 1.00. The lowest BCUT2D eigenvalue weighted by Crippen LogP contribution is -2.34. The van der Waals surface area contributed by atoms with Crippen LogP contribution in [0.15, 0.2) is 18.6 Å². The molecule has 3 heterocycles. The Morgan fingerprint density at radius 3 is 2.83 bits per heavy atom. The summed E-state index contributed by atoms with van der Waals surface area (Å²) < 4.78 is 6.42. The summed E-state index contributed by atoms with van der Waals surface area (Å²) in [6.45, 7) is 0. The molecule has 2 aliphatic carbocycles. The second-order valence-corrected chi connectivity index (χ2v) is 9.25. The molecule has 0 unspecified atom stereocenters. The highest BCUT2D eigenvalue weighted by atomic mass is 35.5. The number of fused-ring (bicyclic) bond motifs is 3. The minimum atomic E-state index is -0.571. The van der Waals surface area contributed by atoms with Crippen LogP contribution in [0.2, 0.25) is 0 Å². The number of halogens is 1. The van der Waals surface area contributed by atoms with Crippen LogP contribution < -0.4 is 10.1 Å². The van der Waals surface area contributed by atoms with Crippen LogP contribution in [0, 0.1) is 0 Å². The van der Waals surface area contributed by atoms with Crippen molar-refractivity contribution in [2.45, 2.75) is 69.1 Å². The number of hydrogen-bond acceptors (Lipinski definition) is 7. The maximum atomic E-state index is 10.6.